The number of methoxy groups -OCH3 is 1. The number of rotatable bonds is 4. The van der Waals surface area contributed by atoms with Gasteiger partial charge in [-0.15, -0.1) is 12.4 Å². The molecule has 0 spiro atoms. The Morgan fingerprint density at radius 3 is 2.46 bits per heavy atom. The average Bonchev–Trinajstić information content (AvgIpc) is 2.87. The van der Waals surface area contributed by atoms with Crippen LogP contribution in [0.5, 0.6) is 0 Å². The number of ether oxygens (including phenoxy) is 1. The molecule has 4 aromatic rings. The summed E-state index contributed by atoms with van der Waals surface area (Å²) in [6.07, 6.45) is 1.32. The quantitative estimate of drug-likeness (QED) is 0.437. The molecule has 1 aliphatic rings. The van der Waals surface area contributed by atoms with Gasteiger partial charge in [0.2, 0.25) is 0 Å². The number of piperazine rings is 1. The number of halogens is 1. The van der Waals surface area contributed by atoms with Crippen molar-refractivity contribution in [3.8, 4) is 0 Å². The molecule has 5 rings (SSSR count). The number of amides is 2. The average molecular weight is 496 g/mol. The van der Waals surface area contributed by atoms with Crippen molar-refractivity contribution in [3.63, 3.8) is 0 Å². The molecule has 0 saturated carbocycles. The molecule has 0 bridgehead atoms. The van der Waals surface area contributed by atoms with Gasteiger partial charge in [-0.1, -0.05) is 24.3 Å². The van der Waals surface area contributed by atoms with Gasteiger partial charge in [-0.3, -0.25) is 18.9 Å². The minimum Gasteiger partial charge on any atom is -0.453 e. The summed E-state index contributed by atoms with van der Waals surface area (Å²) in [6, 6.07) is 14.9. The van der Waals surface area contributed by atoms with E-state index in [-0.39, 0.29) is 30.0 Å². The summed E-state index contributed by atoms with van der Waals surface area (Å²) >= 11 is 0. The van der Waals surface area contributed by atoms with E-state index in [1.807, 2.05) is 36.4 Å². The Morgan fingerprint density at radius 1 is 1.03 bits per heavy atom. The van der Waals surface area contributed by atoms with Crippen molar-refractivity contribution < 1.29 is 14.3 Å². The van der Waals surface area contributed by atoms with Crippen LogP contribution >= 0.6 is 12.4 Å². The van der Waals surface area contributed by atoms with Crippen LogP contribution in [0.1, 0.15) is 10.4 Å². The van der Waals surface area contributed by atoms with E-state index in [9.17, 15) is 14.4 Å². The van der Waals surface area contributed by atoms with Crippen molar-refractivity contribution in [2.45, 2.75) is 0 Å². The molecule has 2 aromatic carbocycles. The predicted molar refractivity (Wildman–Crippen MR) is 136 cm³/mol. The molecule has 9 nitrogen and oxygen atoms in total. The first-order chi connectivity index (χ1) is 16.5. The van der Waals surface area contributed by atoms with Gasteiger partial charge in [0.15, 0.2) is 5.65 Å². The van der Waals surface area contributed by atoms with Crippen molar-refractivity contribution in [3.05, 3.63) is 70.6 Å². The standard InChI is InChI=1S/C25H25N5O4.ClH/c1-34-25(33)29-13-11-28(12-14-29)10-8-26-23(31)19-7-4-9-30-22(19)27-21-16-18-6-3-2-5-17(18)15-20(21)24(30)32;/h2-7,9,15-16H,8,10-14H2,1H3,(H,26,31);1H. The molecule has 1 saturated heterocycles. The monoisotopic (exact) mass is 495 g/mol. The predicted octanol–water partition coefficient (Wildman–Crippen LogP) is 2.54. The third-order valence-corrected chi connectivity index (χ3v) is 6.27. The molecule has 1 N–H and O–H groups in total. The molecule has 35 heavy (non-hydrogen) atoms. The Morgan fingerprint density at radius 2 is 1.74 bits per heavy atom. The van der Waals surface area contributed by atoms with Gasteiger partial charge in [0, 0.05) is 45.5 Å². The summed E-state index contributed by atoms with van der Waals surface area (Å²) in [5.74, 6) is -0.279. The van der Waals surface area contributed by atoms with Crippen LogP contribution in [0.15, 0.2) is 59.5 Å². The number of nitrogens with one attached hydrogen (secondary N) is 1. The fourth-order valence-corrected chi connectivity index (χ4v) is 4.40. The molecule has 2 aromatic heterocycles. The van der Waals surface area contributed by atoms with Crippen molar-refractivity contribution in [1.82, 2.24) is 24.5 Å². The topological polar surface area (TPSA) is 96.3 Å². The van der Waals surface area contributed by atoms with Crippen LogP contribution in [0.3, 0.4) is 0 Å². The molecule has 1 fully saturated rings. The van der Waals surface area contributed by atoms with E-state index in [0.717, 1.165) is 23.9 Å². The molecule has 10 heteroatoms. The Balaban J connectivity index is 0.00000289. The van der Waals surface area contributed by atoms with Crippen molar-refractivity contribution in [2.24, 2.45) is 0 Å². The van der Waals surface area contributed by atoms with Gasteiger partial charge in [-0.25, -0.2) is 9.78 Å². The second-order valence-corrected chi connectivity index (χ2v) is 8.30. The largest absolute Gasteiger partial charge is 0.453 e. The number of benzene rings is 2. The van der Waals surface area contributed by atoms with E-state index in [0.29, 0.717) is 48.3 Å². The molecule has 3 heterocycles. The zero-order valence-corrected chi connectivity index (χ0v) is 20.1. The van der Waals surface area contributed by atoms with Crippen LogP contribution in [-0.2, 0) is 4.74 Å². The molecular formula is C25H26ClN5O4. The summed E-state index contributed by atoms with van der Waals surface area (Å²) in [7, 11) is 1.38. The highest BCUT2D eigenvalue weighted by molar-refractivity contribution is 6.02. The van der Waals surface area contributed by atoms with E-state index in [1.165, 1.54) is 11.5 Å². The highest BCUT2D eigenvalue weighted by Crippen LogP contribution is 2.20. The van der Waals surface area contributed by atoms with Gasteiger partial charge < -0.3 is 15.0 Å². The maximum absolute atomic E-state index is 13.2. The van der Waals surface area contributed by atoms with Crippen LogP contribution in [-0.4, -0.2) is 77.6 Å². The number of carbonyl (C=O) groups is 2. The molecule has 1 aliphatic heterocycles. The normalized spacial score (nSPS) is 14.1. The second-order valence-electron chi connectivity index (χ2n) is 8.30. The highest BCUT2D eigenvalue weighted by Gasteiger charge is 2.21. The van der Waals surface area contributed by atoms with E-state index in [1.54, 1.807) is 23.2 Å². The number of carbonyl (C=O) groups excluding carboxylic acids is 2. The number of nitrogens with zero attached hydrogens (tertiary/aromatic N) is 4. The van der Waals surface area contributed by atoms with Gasteiger partial charge in [0.05, 0.1) is 23.6 Å². The molecule has 2 amide bonds. The summed E-state index contributed by atoms with van der Waals surface area (Å²) in [6.45, 7) is 3.73. The SMILES string of the molecule is COC(=O)N1CCN(CCNC(=O)c2cccn3c(=O)c4cc5ccccc5cc4nc23)CC1.Cl. The maximum atomic E-state index is 13.2. The Bertz CT molecular complexity index is 1460. The van der Waals surface area contributed by atoms with Crippen LogP contribution in [0.4, 0.5) is 4.79 Å². The summed E-state index contributed by atoms with van der Waals surface area (Å²) in [4.78, 5) is 46.3. The van der Waals surface area contributed by atoms with Gasteiger partial charge in [-0.2, -0.15) is 0 Å². The smallest absolute Gasteiger partial charge is 0.409 e. The lowest BCUT2D eigenvalue weighted by Crippen LogP contribution is -2.50. The van der Waals surface area contributed by atoms with Gasteiger partial charge in [0.25, 0.3) is 11.5 Å². The highest BCUT2D eigenvalue weighted by atomic mass is 35.5. The van der Waals surface area contributed by atoms with Gasteiger partial charge in [-0.05, 0) is 35.0 Å². The lowest BCUT2D eigenvalue weighted by molar-refractivity contribution is 0.0885. The summed E-state index contributed by atoms with van der Waals surface area (Å²) < 4.78 is 6.19. The zero-order valence-electron chi connectivity index (χ0n) is 19.3. The Labute approximate surface area is 207 Å². The van der Waals surface area contributed by atoms with Crippen molar-refractivity contribution in [1.29, 1.82) is 0 Å². The minimum absolute atomic E-state index is 0. The molecule has 0 atom stereocenters. The number of pyridine rings is 1. The van der Waals surface area contributed by atoms with Gasteiger partial charge >= 0.3 is 6.09 Å². The van der Waals surface area contributed by atoms with Gasteiger partial charge in [0.1, 0.15) is 0 Å². The Hall–Kier alpha value is -3.69. The Kier molecular flexibility index (Phi) is 7.18. The fourth-order valence-electron chi connectivity index (χ4n) is 4.40. The molecule has 182 valence electrons. The van der Waals surface area contributed by atoms with E-state index >= 15 is 0 Å². The number of aromatic nitrogens is 2. The zero-order chi connectivity index (χ0) is 23.7. The first-order valence-corrected chi connectivity index (χ1v) is 11.2. The van der Waals surface area contributed by atoms with E-state index in [2.05, 4.69) is 15.2 Å². The maximum Gasteiger partial charge on any atom is 0.409 e. The number of fused-ring (bicyclic) bond motifs is 3. The third-order valence-electron chi connectivity index (χ3n) is 6.27. The van der Waals surface area contributed by atoms with E-state index < -0.39 is 0 Å². The van der Waals surface area contributed by atoms with Crippen LogP contribution in [0.25, 0.3) is 27.3 Å². The van der Waals surface area contributed by atoms with Crippen LogP contribution in [0.2, 0.25) is 0 Å². The van der Waals surface area contributed by atoms with Crippen LogP contribution < -0.4 is 10.9 Å². The fraction of sp³-hybridized carbons (Fsp3) is 0.280. The first-order valence-electron chi connectivity index (χ1n) is 11.2. The number of hydrogen-bond acceptors (Lipinski definition) is 6. The summed E-state index contributed by atoms with van der Waals surface area (Å²) in [5, 5.41) is 5.41. The first kappa shape index (κ1) is 24.4. The summed E-state index contributed by atoms with van der Waals surface area (Å²) in [5.41, 5.74) is 1.04. The van der Waals surface area contributed by atoms with E-state index in [4.69, 9.17) is 4.74 Å². The molecule has 0 unspecified atom stereocenters. The molecular weight excluding hydrogens is 470 g/mol. The van der Waals surface area contributed by atoms with Crippen LogP contribution in [0, 0.1) is 0 Å². The lowest BCUT2D eigenvalue weighted by Gasteiger charge is -2.33. The number of hydrogen-bond donors (Lipinski definition) is 1. The third kappa shape index (κ3) is 4.78. The molecule has 0 aliphatic carbocycles. The molecule has 0 radical (unpaired) electrons. The lowest BCUT2D eigenvalue weighted by atomic mass is 10.1. The van der Waals surface area contributed by atoms with Crippen molar-refractivity contribution in [2.75, 3.05) is 46.4 Å². The van der Waals surface area contributed by atoms with Crippen molar-refractivity contribution >= 4 is 51.7 Å². The second kappa shape index (κ2) is 10.3. The minimum atomic E-state index is -0.313.